The van der Waals surface area contributed by atoms with E-state index in [9.17, 15) is 24.5 Å². The van der Waals surface area contributed by atoms with Crippen molar-refractivity contribution in [3.63, 3.8) is 0 Å². The molecule has 9 nitrogen and oxygen atoms in total. The predicted octanol–water partition coefficient (Wildman–Crippen LogP) is 6.85. The van der Waals surface area contributed by atoms with Crippen molar-refractivity contribution in [1.82, 2.24) is 4.90 Å². The van der Waals surface area contributed by atoms with Gasteiger partial charge in [0.1, 0.15) is 5.75 Å². The van der Waals surface area contributed by atoms with E-state index in [0.717, 1.165) is 39.8 Å². The second kappa shape index (κ2) is 16.2. The topological polar surface area (TPSA) is 123 Å². The number of phenolic OH excluding ortho intramolecular Hbond substituents is 1. The largest absolute Gasteiger partial charge is 0.507 e. The number of imide groups is 3. The number of phenols is 1. The molecular formula is C45H48BNO8Si. The van der Waals surface area contributed by atoms with Crippen LogP contribution in [0.2, 0.25) is 11.4 Å². The number of methoxy groups -OCH3 is 1. The number of benzene rings is 4. The van der Waals surface area contributed by atoms with Crippen molar-refractivity contribution in [2.45, 2.75) is 57.5 Å². The van der Waals surface area contributed by atoms with Crippen LogP contribution >= 0.6 is 0 Å². The quantitative estimate of drug-likeness (QED) is 0.0778. The number of amides is 3. The fourth-order valence-corrected chi connectivity index (χ4v) is 13.7. The maximum absolute atomic E-state index is 14.0. The number of nitrogens with zero attached hydrogens (tertiary/aromatic N) is 1. The molecule has 2 N–H and O–H groups in total. The molecule has 1 aliphatic carbocycles. The molecule has 11 heteroatoms. The van der Waals surface area contributed by atoms with Crippen molar-refractivity contribution in [2.24, 2.45) is 17.8 Å². The molecular weight excluding hydrogens is 721 g/mol. The molecule has 0 aromatic heterocycles. The minimum absolute atomic E-state index is 0.0863. The minimum Gasteiger partial charge on any atom is -0.507 e. The van der Waals surface area contributed by atoms with Crippen molar-refractivity contribution in [3.05, 3.63) is 138 Å². The first-order chi connectivity index (χ1) is 26.9. The summed E-state index contributed by atoms with van der Waals surface area (Å²) in [6.45, 7) is 6.77. The third-order valence-corrected chi connectivity index (χ3v) is 16.6. The van der Waals surface area contributed by atoms with Gasteiger partial charge in [-0.15, -0.1) is 0 Å². The van der Waals surface area contributed by atoms with Gasteiger partial charge < -0.3 is 23.9 Å². The zero-order valence-electron chi connectivity index (χ0n) is 32.3. The van der Waals surface area contributed by atoms with Gasteiger partial charge in [0.15, 0.2) is 0 Å². The summed E-state index contributed by atoms with van der Waals surface area (Å²) in [6.07, 6.45) is 1.54. The summed E-state index contributed by atoms with van der Waals surface area (Å²) in [7, 11) is -3.10. The summed E-state index contributed by atoms with van der Waals surface area (Å²) in [5, 5.41) is 23.9. The molecule has 0 radical (unpaired) electrons. The monoisotopic (exact) mass is 769 g/mol. The molecule has 0 unspecified atom stereocenters. The number of rotatable bonds is 10. The summed E-state index contributed by atoms with van der Waals surface area (Å²) in [4.78, 5) is 41.5. The first-order valence-electron chi connectivity index (χ1n) is 19.2. The summed E-state index contributed by atoms with van der Waals surface area (Å²) in [6, 6.07) is 37.7. The summed E-state index contributed by atoms with van der Waals surface area (Å²) < 4.78 is 18.7. The van der Waals surface area contributed by atoms with Crippen LogP contribution in [0.1, 0.15) is 51.2 Å². The van der Waals surface area contributed by atoms with E-state index in [1.165, 1.54) is 0 Å². The number of carbonyl (C=O) groups excluding carboxylic acids is 3. The molecule has 2 saturated heterocycles. The Bertz CT molecular complexity index is 2100. The van der Waals surface area contributed by atoms with Crippen LogP contribution in [-0.4, -0.2) is 68.2 Å². The van der Waals surface area contributed by atoms with Crippen LogP contribution in [0.3, 0.4) is 0 Å². The summed E-state index contributed by atoms with van der Waals surface area (Å²) >= 11 is 0. The number of ether oxygens (including phenoxy) is 1. The van der Waals surface area contributed by atoms with Gasteiger partial charge in [-0.05, 0) is 81.3 Å². The number of fused-ring (bicyclic) bond motifs is 3. The number of carbonyl (C=O) groups is 3. The second-order valence-electron chi connectivity index (χ2n) is 15.9. The number of para-hydroxylation sites is 1. The highest BCUT2D eigenvalue weighted by Gasteiger charge is 2.60. The van der Waals surface area contributed by atoms with E-state index >= 15 is 0 Å². The minimum atomic E-state index is -3.05. The van der Waals surface area contributed by atoms with Crippen LogP contribution in [0.4, 0.5) is 4.79 Å². The Hall–Kier alpha value is -5.07. The van der Waals surface area contributed by atoms with Gasteiger partial charge in [0, 0.05) is 5.56 Å². The van der Waals surface area contributed by atoms with Gasteiger partial charge in [-0.3, -0.25) is 9.59 Å². The van der Waals surface area contributed by atoms with E-state index < -0.39 is 57.2 Å². The lowest BCUT2D eigenvalue weighted by molar-refractivity contribution is -0.137. The number of hydrogen-bond donors (Lipinski definition) is 2. The SMILES string of the molecule is COC(=O)N1C(=O)[C@@H]2[C@@H](CC(CO[Si](c3ccccc3)(c3ccccc3)C(C)(C)C)=C3[C@@H](CC/C(=C/c4ccccc4O)c4ccccc4)OB(O)C[C@@H]32)C1=O. The van der Waals surface area contributed by atoms with Gasteiger partial charge in [-0.25, -0.2) is 4.79 Å². The van der Waals surface area contributed by atoms with E-state index in [4.69, 9.17) is 13.8 Å². The molecule has 2 aliphatic heterocycles. The number of aromatic hydroxyl groups is 1. The fraction of sp³-hybridized carbons (Fsp3) is 0.311. The Balaban J connectivity index is 1.33. The molecule has 0 bridgehead atoms. The highest BCUT2D eigenvalue weighted by atomic mass is 28.4. The van der Waals surface area contributed by atoms with Gasteiger partial charge in [0.25, 0.3) is 8.32 Å². The molecule has 2 fully saturated rings. The van der Waals surface area contributed by atoms with Crippen LogP contribution in [0.5, 0.6) is 5.75 Å². The lowest BCUT2D eigenvalue weighted by Gasteiger charge is -2.46. The Kier molecular flexibility index (Phi) is 11.3. The van der Waals surface area contributed by atoms with Gasteiger partial charge in [-0.2, -0.15) is 4.90 Å². The molecule has 3 amide bonds. The zero-order chi connectivity index (χ0) is 39.6. The van der Waals surface area contributed by atoms with Crippen molar-refractivity contribution in [1.29, 1.82) is 0 Å². The Labute approximate surface area is 329 Å². The predicted molar refractivity (Wildman–Crippen MR) is 219 cm³/mol. The summed E-state index contributed by atoms with van der Waals surface area (Å²) in [5.74, 6) is -3.30. The van der Waals surface area contributed by atoms with Crippen molar-refractivity contribution < 1.29 is 38.3 Å². The van der Waals surface area contributed by atoms with Crippen molar-refractivity contribution in [2.75, 3.05) is 13.7 Å². The van der Waals surface area contributed by atoms with Crippen LogP contribution in [-0.2, 0) is 23.4 Å². The highest BCUT2D eigenvalue weighted by Crippen LogP contribution is 2.51. The van der Waals surface area contributed by atoms with Crippen molar-refractivity contribution >= 4 is 55.4 Å². The standard InChI is InChI=1S/C45H48BNO8Si/c1-45(2,3)56(34-19-10-6-11-20-34,35-21-12-7-13-22-35)54-29-33-27-36-41(43(50)47(42(36)49)44(51)53-4)37-28-46(52)55-39(40(33)37)25-24-31(30-16-8-5-9-17-30)26-32-18-14-15-23-38(32)48/h5-23,26,36-37,39,41,48,52H,24-25,27-29H2,1-4H3/b31-26-/t36-,37+,39-,41-/m1/s1. The smallest absolute Gasteiger partial charge is 0.455 e. The third-order valence-electron chi connectivity index (χ3n) is 11.6. The van der Waals surface area contributed by atoms with Crippen LogP contribution < -0.4 is 10.4 Å². The Morgan fingerprint density at radius 1 is 0.875 bits per heavy atom. The molecule has 4 aromatic rings. The number of likely N-dealkylation sites (tertiary alicyclic amines) is 1. The van der Waals surface area contributed by atoms with E-state index in [1.807, 2.05) is 84.9 Å². The van der Waals surface area contributed by atoms with E-state index in [2.05, 4.69) is 45.0 Å². The van der Waals surface area contributed by atoms with E-state index in [0.29, 0.717) is 23.3 Å². The highest BCUT2D eigenvalue weighted by molar-refractivity contribution is 6.99. The van der Waals surface area contributed by atoms with Crippen LogP contribution in [0.15, 0.2) is 126 Å². The fourth-order valence-electron chi connectivity index (χ4n) is 9.16. The van der Waals surface area contributed by atoms with Gasteiger partial charge in [-0.1, -0.05) is 130 Å². The average Bonchev–Trinajstić information content (AvgIpc) is 3.45. The molecule has 7 rings (SSSR count). The van der Waals surface area contributed by atoms with Crippen LogP contribution in [0, 0.1) is 17.8 Å². The molecule has 288 valence electrons. The van der Waals surface area contributed by atoms with E-state index in [-0.39, 0.29) is 30.1 Å². The molecule has 4 atom stereocenters. The van der Waals surface area contributed by atoms with E-state index in [1.54, 1.807) is 12.1 Å². The van der Waals surface area contributed by atoms with Gasteiger partial charge in [0.05, 0.1) is 31.7 Å². The molecule has 56 heavy (non-hydrogen) atoms. The summed E-state index contributed by atoms with van der Waals surface area (Å²) in [5.41, 5.74) is 4.29. The third kappa shape index (κ3) is 7.32. The molecule has 4 aromatic carbocycles. The van der Waals surface area contributed by atoms with Gasteiger partial charge in [0.2, 0.25) is 11.8 Å². The lowest BCUT2D eigenvalue weighted by atomic mass is 9.58. The molecule has 0 saturated carbocycles. The first-order valence-corrected chi connectivity index (χ1v) is 21.2. The second-order valence-corrected chi connectivity index (χ2v) is 20.2. The molecule has 2 heterocycles. The Morgan fingerprint density at radius 2 is 1.46 bits per heavy atom. The molecule has 0 spiro atoms. The average molecular weight is 770 g/mol. The zero-order valence-corrected chi connectivity index (χ0v) is 33.3. The number of allylic oxidation sites excluding steroid dienone is 1. The lowest BCUT2D eigenvalue weighted by Crippen LogP contribution is -2.66. The number of hydrogen-bond acceptors (Lipinski definition) is 8. The maximum atomic E-state index is 14.0. The Morgan fingerprint density at radius 3 is 2.05 bits per heavy atom. The molecule has 3 aliphatic rings. The maximum Gasteiger partial charge on any atom is 0.455 e. The van der Waals surface area contributed by atoms with Crippen LogP contribution in [0.25, 0.3) is 11.6 Å². The normalized spacial score (nSPS) is 21.6. The van der Waals surface area contributed by atoms with Gasteiger partial charge >= 0.3 is 13.2 Å². The first kappa shape index (κ1) is 39.2. The van der Waals surface area contributed by atoms with Crippen molar-refractivity contribution in [3.8, 4) is 5.75 Å².